The standard InChI is InChI=1S/C48H92O17P2/c1-5-9-13-17-18-19-20-21-22-23-24-27-31-35-48(53)65-44(39-59-46(51)33-30-26-15-11-7-3)41-63-67(56,57)61-37-42(49)36-60-66(54,55)62-40-43(64-47(52)34-28-16-12-8-4)38-58-45(50)32-29-25-14-10-6-2/h42-44,49H,5-41H2,1-4H3,(H,54,55)(H,56,57)/t42-,43+,44-/m1/s1. The van der Waals surface area contributed by atoms with Gasteiger partial charge in [0.05, 0.1) is 26.4 Å². The van der Waals surface area contributed by atoms with Crippen molar-refractivity contribution < 1.29 is 80.2 Å². The second-order valence-corrected chi connectivity index (χ2v) is 20.4. The van der Waals surface area contributed by atoms with Crippen molar-refractivity contribution in [1.29, 1.82) is 0 Å². The van der Waals surface area contributed by atoms with Crippen LogP contribution in [0.3, 0.4) is 0 Å². The Hall–Kier alpha value is -1.94. The van der Waals surface area contributed by atoms with Gasteiger partial charge in [-0.3, -0.25) is 37.3 Å². The van der Waals surface area contributed by atoms with Crippen LogP contribution in [0, 0.1) is 0 Å². The number of carbonyl (C=O) groups is 4. The Morgan fingerprint density at radius 1 is 0.358 bits per heavy atom. The summed E-state index contributed by atoms with van der Waals surface area (Å²) in [6.45, 7) is 4.46. The molecule has 0 spiro atoms. The first-order valence-corrected chi connectivity index (χ1v) is 28.8. The molecule has 0 amide bonds. The zero-order chi connectivity index (χ0) is 49.9. The molecule has 0 saturated heterocycles. The lowest BCUT2D eigenvalue weighted by molar-refractivity contribution is -0.161. The SMILES string of the molecule is CCCCCCCCCCCCCCCC(=O)O[C@H](COC(=O)CCCCCCC)COP(=O)(O)OC[C@H](O)COP(=O)(O)OC[C@H](COC(=O)CCCCCCC)OC(=O)CCCCCC. The van der Waals surface area contributed by atoms with Gasteiger partial charge in [-0.05, 0) is 25.7 Å². The van der Waals surface area contributed by atoms with E-state index in [1.807, 2.05) is 6.92 Å². The Balaban J connectivity index is 5.05. The van der Waals surface area contributed by atoms with Crippen LogP contribution in [-0.2, 0) is 65.4 Å². The number of aliphatic hydroxyl groups excluding tert-OH is 1. The van der Waals surface area contributed by atoms with Gasteiger partial charge in [0.25, 0.3) is 0 Å². The summed E-state index contributed by atoms with van der Waals surface area (Å²) in [5.41, 5.74) is 0. The van der Waals surface area contributed by atoms with Crippen LogP contribution in [0.1, 0.15) is 227 Å². The Labute approximate surface area is 403 Å². The molecule has 0 aliphatic heterocycles. The van der Waals surface area contributed by atoms with Crippen molar-refractivity contribution in [3.8, 4) is 0 Å². The molecule has 0 aliphatic rings. The molecular formula is C48H92O17P2. The van der Waals surface area contributed by atoms with Gasteiger partial charge in [0.1, 0.15) is 19.3 Å². The van der Waals surface area contributed by atoms with Crippen molar-refractivity contribution in [2.45, 2.75) is 245 Å². The van der Waals surface area contributed by atoms with E-state index < -0.39 is 97.5 Å². The maximum Gasteiger partial charge on any atom is 0.472 e. The average Bonchev–Trinajstić information content (AvgIpc) is 3.29. The van der Waals surface area contributed by atoms with Crippen LogP contribution in [-0.4, -0.2) is 96.7 Å². The molecule has 67 heavy (non-hydrogen) atoms. The summed E-state index contributed by atoms with van der Waals surface area (Å²) in [6, 6.07) is 0. The fraction of sp³-hybridized carbons (Fsp3) is 0.917. The first-order chi connectivity index (χ1) is 32.2. The molecule has 0 rings (SSSR count). The Kier molecular flexibility index (Phi) is 42.8. The van der Waals surface area contributed by atoms with Crippen molar-refractivity contribution in [3.05, 3.63) is 0 Å². The fourth-order valence-electron chi connectivity index (χ4n) is 6.80. The minimum absolute atomic E-state index is 0.0951. The molecule has 0 saturated carbocycles. The van der Waals surface area contributed by atoms with Crippen LogP contribution >= 0.6 is 15.6 Å². The number of esters is 4. The van der Waals surface area contributed by atoms with E-state index in [9.17, 15) is 43.2 Å². The zero-order valence-electron chi connectivity index (χ0n) is 41.8. The molecule has 3 N–H and O–H groups in total. The van der Waals surface area contributed by atoms with E-state index in [1.165, 1.54) is 51.4 Å². The molecule has 0 bridgehead atoms. The van der Waals surface area contributed by atoms with Gasteiger partial charge in [0.2, 0.25) is 0 Å². The summed E-state index contributed by atoms with van der Waals surface area (Å²) in [6.07, 6.45) is 23.8. The molecular weight excluding hydrogens is 910 g/mol. The highest BCUT2D eigenvalue weighted by atomic mass is 31.2. The number of carbonyl (C=O) groups excluding carboxylic acids is 4. The first-order valence-electron chi connectivity index (χ1n) is 25.8. The van der Waals surface area contributed by atoms with Crippen molar-refractivity contribution in [1.82, 2.24) is 0 Å². The van der Waals surface area contributed by atoms with Crippen molar-refractivity contribution in [2.24, 2.45) is 0 Å². The highest BCUT2D eigenvalue weighted by Gasteiger charge is 2.30. The van der Waals surface area contributed by atoms with E-state index in [0.29, 0.717) is 25.7 Å². The monoisotopic (exact) mass is 1000 g/mol. The van der Waals surface area contributed by atoms with E-state index in [1.54, 1.807) is 0 Å². The Bertz CT molecular complexity index is 1340. The second kappa shape index (κ2) is 44.0. The maximum absolute atomic E-state index is 12.8. The number of hydrogen-bond donors (Lipinski definition) is 3. The summed E-state index contributed by atoms with van der Waals surface area (Å²) in [7, 11) is -9.82. The van der Waals surface area contributed by atoms with Gasteiger partial charge in [-0.2, -0.15) is 0 Å². The summed E-state index contributed by atoms with van der Waals surface area (Å²) in [5, 5.41) is 10.4. The van der Waals surface area contributed by atoms with Gasteiger partial charge in [-0.15, -0.1) is 0 Å². The summed E-state index contributed by atoms with van der Waals surface area (Å²) in [5.74, 6) is -2.20. The zero-order valence-corrected chi connectivity index (χ0v) is 43.6. The minimum atomic E-state index is -4.92. The van der Waals surface area contributed by atoms with Crippen LogP contribution in [0.5, 0.6) is 0 Å². The lowest BCUT2D eigenvalue weighted by atomic mass is 10.0. The highest BCUT2D eigenvalue weighted by Crippen LogP contribution is 2.45. The number of phosphoric acid groups is 2. The average molecular weight is 1000 g/mol. The van der Waals surface area contributed by atoms with Gasteiger partial charge in [-0.1, -0.05) is 175 Å². The summed E-state index contributed by atoms with van der Waals surface area (Å²) < 4.78 is 66.6. The number of unbranched alkanes of at least 4 members (excludes halogenated alkanes) is 23. The smallest absolute Gasteiger partial charge is 0.462 e. The predicted molar refractivity (Wildman–Crippen MR) is 257 cm³/mol. The van der Waals surface area contributed by atoms with Gasteiger partial charge in [0, 0.05) is 25.7 Å². The van der Waals surface area contributed by atoms with Crippen LogP contribution in [0.2, 0.25) is 0 Å². The third kappa shape index (κ3) is 43.8. The number of ether oxygens (including phenoxy) is 4. The van der Waals surface area contributed by atoms with E-state index in [0.717, 1.165) is 96.3 Å². The molecule has 0 aromatic carbocycles. The first kappa shape index (κ1) is 65.1. The molecule has 19 heteroatoms. The summed E-state index contributed by atoms with van der Waals surface area (Å²) in [4.78, 5) is 70.6. The molecule has 0 aromatic heterocycles. The molecule has 0 fully saturated rings. The van der Waals surface area contributed by atoms with Crippen LogP contribution in [0.25, 0.3) is 0 Å². The lowest BCUT2D eigenvalue weighted by Gasteiger charge is -2.21. The molecule has 2 unspecified atom stereocenters. The predicted octanol–water partition coefficient (Wildman–Crippen LogP) is 11.7. The molecule has 396 valence electrons. The number of aliphatic hydroxyl groups is 1. The van der Waals surface area contributed by atoms with Crippen molar-refractivity contribution in [3.63, 3.8) is 0 Å². The molecule has 0 heterocycles. The normalized spacial score (nSPS) is 14.7. The molecule has 0 aromatic rings. The van der Waals surface area contributed by atoms with Crippen LogP contribution < -0.4 is 0 Å². The Morgan fingerprint density at radius 3 is 0.896 bits per heavy atom. The van der Waals surface area contributed by atoms with E-state index in [4.69, 9.17) is 37.0 Å². The summed E-state index contributed by atoms with van der Waals surface area (Å²) >= 11 is 0. The number of hydrogen-bond acceptors (Lipinski definition) is 15. The van der Waals surface area contributed by atoms with E-state index in [-0.39, 0.29) is 25.7 Å². The molecule has 0 radical (unpaired) electrons. The molecule has 0 aliphatic carbocycles. The third-order valence-corrected chi connectivity index (χ3v) is 12.8. The van der Waals surface area contributed by atoms with Gasteiger partial charge < -0.3 is 33.8 Å². The van der Waals surface area contributed by atoms with E-state index in [2.05, 4.69) is 20.8 Å². The van der Waals surface area contributed by atoms with Crippen LogP contribution in [0.15, 0.2) is 0 Å². The van der Waals surface area contributed by atoms with Crippen molar-refractivity contribution in [2.75, 3.05) is 39.6 Å². The molecule has 5 atom stereocenters. The van der Waals surface area contributed by atoms with Gasteiger partial charge >= 0.3 is 39.5 Å². The minimum Gasteiger partial charge on any atom is -0.462 e. The largest absolute Gasteiger partial charge is 0.472 e. The quantitative estimate of drug-likeness (QED) is 0.0222. The topological polar surface area (TPSA) is 237 Å². The van der Waals surface area contributed by atoms with Gasteiger partial charge in [-0.25, -0.2) is 9.13 Å². The van der Waals surface area contributed by atoms with Crippen LogP contribution in [0.4, 0.5) is 0 Å². The lowest BCUT2D eigenvalue weighted by Crippen LogP contribution is -2.30. The second-order valence-electron chi connectivity index (χ2n) is 17.5. The van der Waals surface area contributed by atoms with Crippen molar-refractivity contribution >= 4 is 39.5 Å². The number of rotatable bonds is 49. The highest BCUT2D eigenvalue weighted by molar-refractivity contribution is 7.47. The molecule has 17 nitrogen and oxygen atoms in total. The maximum atomic E-state index is 12.8. The number of phosphoric ester groups is 2. The van der Waals surface area contributed by atoms with E-state index >= 15 is 0 Å². The third-order valence-electron chi connectivity index (χ3n) is 10.9. The Morgan fingerprint density at radius 2 is 0.597 bits per heavy atom. The van der Waals surface area contributed by atoms with Gasteiger partial charge in [0.15, 0.2) is 12.2 Å². The fourth-order valence-corrected chi connectivity index (χ4v) is 8.38.